The van der Waals surface area contributed by atoms with E-state index in [1.807, 2.05) is 23.9 Å². The van der Waals surface area contributed by atoms with Crippen LogP contribution in [0.3, 0.4) is 0 Å². The lowest BCUT2D eigenvalue weighted by molar-refractivity contribution is -0.432. The summed E-state index contributed by atoms with van der Waals surface area (Å²) in [6.45, 7) is 0. The Balaban J connectivity index is 2.45. The highest BCUT2D eigenvalue weighted by Gasteiger charge is 2.07. The van der Waals surface area contributed by atoms with Gasteiger partial charge in [-0.1, -0.05) is 5.04 Å². The summed E-state index contributed by atoms with van der Waals surface area (Å²) < 4.78 is 6.18. The zero-order valence-corrected chi connectivity index (χ0v) is 8.69. The molecule has 15 heavy (non-hydrogen) atoms. The van der Waals surface area contributed by atoms with Gasteiger partial charge in [-0.15, -0.1) is 4.33 Å². The molecule has 0 aliphatic heterocycles. The molecule has 2 N–H and O–H groups in total. The Labute approximate surface area is 89.9 Å². The van der Waals surface area contributed by atoms with Crippen molar-refractivity contribution in [1.29, 1.82) is 0 Å². The van der Waals surface area contributed by atoms with Gasteiger partial charge in [-0.05, 0) is 18.2 Å². The van der Waals surface area contributed by atoms with Gasteiger partial charge in [-0.25, -0.2) is 5.26 Å². The van der Waals surface area contributed by atoms with E-state index in [4.69, 9.17) is 5.26 Å². The van der Waals surface area contributed by atoms with Gasteiger partial charge in [0.15, 0.2) is 0 Å². The first-order chi connectivity index (χ1) is 7.22. The summed E-state index contributed by atoms with van der Waals surface area (Å²) in [6, 6.07) is 5.26. The highest BCUT2D eigenvalue weighted by atomic mass is 32.2. The molecular formula is C9H9NO4S. The van der Waals surface area contributed by atoms with Crippen molar-refractivity contribution in [1.82, 2.24) is 4.57 Å². The molecule has 2 aromatic rings. The molecule has 6 heteroatoms. The number of hydrogen-bond donors (Lipinski definition) is 2. The van der Waals surface area contributed by atoms with E-state index in [0.717, 1.165) is 22.9 Å². The Kier molecular flexibility index (Phi) is 2.83. The number of phenols is 1. The number of aromatic hydroxyl groups is 1. The predicted octanol–water partition coefficient (Wildman–Crippen LogP) is 2.31. The van der Waals surface area contributed by atoms with E-state index in [1.165, 1.54) is 0 Å². The third-order valence-electron chi connectivity index (χ3n) is 2.12. The number of phenolic OH excluding ortho intramolecular Hbond substituents is 1. The van der Waals surface area contributed by atoms with E-state index in [9.17, 15) is 5.11 Å². The summed E-state index contributed by atoms with van der Waals surface area (Å²) in [6.07, 6.45) is 1.89. The van der Waals surface area contributed by atoms with Crippen LogP contribution in [0, 0.1) is 0 Å². The number of rotatable bonds is 3. The van der Waals surface area contributed by atoms with Crippen LogP contribution in [0.4, 0.5) is 0 Å². The molecule has 0 radical (unpaired) electrons. The van der Waals surface area contributed by atoms with Gasteiger partial charge in [0.1, 0.15) is 5.75 Å². The maximum absolute atomic E-state index is 9.60. The fourth-order valence-corrected chi connectivity index (χ4v) is 1.81. The Morgan fingerprint density at radius 2 is 2.20 bits per heavy atom. The van der Waals surface area contributed by atoms with E-state index in [1.54, 1.807) is 12.1 Å². The smallest absolute Gasteiger partial charge is 0.132 e. The monoisotopic (exact) mass is 227 g/mol. The second-order valence-corrected chi connectivity index (χ2v) is 3.77. The van der Waals surface area contributed by atoms with Crippen molar-refractivity contribution in [3.05, 3.63) is 24.4 Å². The highest BCUT2D eigenvalue weighted by Crippen LogP contribution is 2.33. The number of fused-ring (bicyclic) bond motifs is 1. The summed E-state index contributed by atoms with van der Waals surface area (Å²) in [5.74, 6) is 0.0794. The molecule has 0 bridgehead atoms. The molecule has 1 heterocycles. The Morgan fingerprint density at radius 3 is 2.93 bits per heavy atom. The first kappa shape index (κ1) is 10.3. The molecule has 0 spiro atoms. The Hall–Kier alpha value is -1.21. The van der Waals surface area contributed by atoms with Crippen LogP contribution in [0.25, 0.3) is 10.9 Å². The van der Waals surface area contributed by atoms with Gasteiger partial charge in [-0.2, -0.15) is 0 Å². The zero-order valence-electron chi connectivity index (χ0n) is 7.88. The van der Waals surface area contributed by atoms with Crippen LogP contribution in [-0.4, -0.2) is 14.9 Å². The average Bonchev–Trinajstić information content (AvgIpc) is 2.57. The molecule has 0 amide bonds. The number of aromatic nitrogens is 1. The molecule has 0 atom stereocenters. The molecule has 80 valence electrons. The van der Waals surface area contributed by atoms with Crippen LogP contribution in [-0.2, 0) is 16.4 Å². The summed E-state index contributed by atoms with van der Waals surface area (Å²) >= 11 is 0.738. The number of hydrogen-bond acceptors (Lipinski definition) is 5. The first-order valence-corrected chi connectivity index (χ1v) is 4.89. The summed E-state index contributed by atoms with van der Waals surface area (Å²) in [5, 5.41) is 22.0. The molecule has 5 nitrogen and oxygen atoms in total. The van der Waals surface area contributed by atoms with Crippen molar-refractivity contribution in [3.63, 3.8) is 0 Å². The molecule has 1 aromatic carbocycles. The Morgan fingerprint density at radius 1 is 1.40 bits per heavy atom. The summed E-state index contributed by atoms with van der Waals surface area (Å²) in [5.41, 5.74) is 0.955. The van der Waals surface area contributed by atoms with Gasteiger partial charge in [0, 0.05) is 24.1 Å². The van der Waals surface area contributed by atoms with Crippen molar-refractivity contribution in [2.24, 2.45) is 7.05 Å². The lowest BCUT2D eigenvalue weighted by Crippen LogP contribution is -1.85. The third-order valence-corrected chi connectivity index (χ3v) is 2.76. The molecular weight excluding hydrogens is 218 g/mol. The molecule has 0 aliphatic rings. The minimum absolute atomic E-state index is 0.0794. The topological polar surface area (TPSA) is 63.9 Å². The van der Waals surface area contributed by atoms with Crippen LogP contribution >= 0.6 is 12.0 Å². The first-order valence-electron chi connectivity index (χ1n) is 4.15. The molecule has 2 rings (SSSR count). The quantitative estimate of drug-likeness (QED) is 0.478. The summed E-state index contributed by atoms with van der Waals surface area (Å²) in [4.78, 5) is 0.471. The van der Waals surface area contributed by atoms with Gasteiger partial charge >= 0.3 is 0 Å². The largest absolute Gasteiger partial charge is 0.507 e. The second-order valence-electron chi connectivity index (χ2n) is 3.03. The van der Waals surface area contributed by atoms with Crippen LogP contribution in [0.2, 0.25) is 0 Å². The fraction of sp³-hybridized carbons (Fsp3) is 0.111. The maximum Gasteiger partial charge on any atom is 0.132 e. The van der Waals surface area contributed by atoms with Gasteiger partial charge in [0.2, 0.25) is 0 Å². The van der Waals surface area contributed by atoms with Crippen molar-refractivity contribution in [2.75, 3.05) is 0 Å². The zero-order chi connectivity index (χ0) is 10.8. The van der Waals surface area contributed by atoms with Crippen LogP contribution in [0.1, 0.15) is 0 Å². The SMILES string of the molecule is Cn1ccc2cc(O)c(SOOO)cc21. The minimum atomic E-state index is 0.0794. The van der Waals surface area contributed by atoms with Crippen LogP contribution in [0.5, 0.6) is 5.75 Å². The van der Waals surface area contributed by atoms with Crippen molar-refractivity contribution >= 4 is 22.9 Å². The molecule has 0 unspecified atom stereocenters. The van der Waals surface area contributed by atoms with E-state index in [2.05, 4.69) is 9.37 Å². The average molecular weight is 227 g/mol. The molecule has 0 fully saturated rings. The highest BCUT2D eigenvalue weighted by molar-refractivity contribution is 7.94. The van der Waals surface area contributed by atoms with E-state index in [-0.39, 0.29) is 5.75 Å². The minimum Gasteiger partial charge on any atom is -0.507 e. The number of nitrogens with zero attached hydrogens (tertiary/aromatic N) is 1. The van der Waals surface area contributed by atoms with E-state index < -0.39 is 0 Å². The standard InChI is InChI=1S/C9H9NO4S/c1-10-3-2-6-4-8(11)9(5-7(6)10)15-14-13-12/h2-5,11-12H,1H3. The fourth-order valence-electron chi connectivity index (χ4n) is 1.40. The second kappa shape index (κ2) is 4.11. The lowest BCUT2D eigenvalue weighted by atomic mass is 10.2. The predicted molar refractivity (Wildman–Crippen MR) is 55.2 cm³/mol. The number of benzene rings is 1. The van der Waals surface area contributed by atoms with Crippen molar-refractivity contribution in [3.8, 4) is 5.75 Å². The Bertz CT molecular complexity index is 482. The molecule has 1 aromatic heterocycles. The van der Waals surface area contributed by atoms with Crippen LogP contribution in [0.15, 0.2) is 29.3 Å². The third kappa shape index (κ3) is 1.93. The van der Waals surface area contributed by atoms with Gasteiger partial charge < -0.3 is 9.67 Å². The maximum atomic E-state index is 9.60. The summed E-state index contributed by atoms with van der Waals surface area (Å²) in [7, 11) is 1.90. The number of aryl methyl sites for hydroxylation is 1. The van der Waals surface area contributed by atoms with Gasteiger partial charge in [0.05, 0.1) is 16.9 Å². The van der Waals surface area contributed by atoms with E-state index in [0.29, 0.717) is 4.90 Å². The van der Waals surface area contributed by atoms with Gasteiger partial charge in [0.25, 0.3) is 0 Å². The normalized spacial score (nSPS) is 11.1. The lowest BCUT2D eigenvalue weighted by Gasteiger charge is -2.03. The van der Waals surface area contributed by atoms with Crippen LogP contribution < -0.4 is 0 Å². The van der Waals surface area contributed by atoms with Crippen molar-refractivity contribution < 1.29 is 19.7 Å². The molecule has 0 saturated carbocycles. The molecule has 0 aliphatic carbocycles. The van der Waals surface area contributed by atoms with Crippen molar-refractivity contribution in [2.45, 2.75) is 4.90 Å². The molecule has 0 saturated heterocycles. The van der Waals surface area contributed by atoms with E-state index >= 15 is 0 Å². The van der Waals surface area contributed by atoms with Gasteiger partial charge in [-0.3, -0.25) is 0 Å².